The molecule has 0 unspecified atom stereocenters. The predicted molar refractivity (Wildman–Crippen MR) is 79.8 cm³/mol. The van der Waals surface area contributed by atoms with Crippen LogP contribution in [0.4, 0.5) is 0 Å². The van der Waals surface area contributed by atoms with E-state index < -0.39 is 0 Å². The van der Waals surface area contributed by atoms with Gasteiger partial charge in [0.05, 0.1) is 6.26 Å². The van der Waals surface area contributed by atoms with Gasteiger partial charge in [0.1, 0.15) is 11.3 Å². The molecule has 0 aliphatic carbocycles. The molecule has 2 nitrogen and oxygen atoms in total. The Kier molecular flexibility index (Phi) is 3.98. The van der Waals surface area contributed by atoms with Crippen molar-refractivity contribution in [3.8, 4) is 5.75 Å². The largest absolute Gasteiger partial charge is 0.507 e. The molecule has 0 aliphatic heterocycles. The highest BCUT2D eigenvalue weighted by atomic mass is 16.3. The summed E-state index contributed by atoms with van der Waals surface area (Å²) in [5.41, 5.74) is 5.01. The van der Waals surface area contributed by atoms with Gasteiger partial charge in [-0.05, 0) is 63.1 Å². The van der Waals surface area contributed by atoms with Gasteiger partial charge in [0.15, 0.2) is 0 Å². The number of unbranched alkanes of at least 4 members (excludes halogenated alkanes) is 2. The molecule has 0 atom stereocenters. The number of aryl methyl sites for hydroxylation is 3. The molecule has 0 radical (unpaired) electrons. The molecule has 1 aromatic heterocycles. The first kappa shape index (κ1) is 13.7. The van der Waals surface area contributed by atoms with E-state index in [1.807, 2.05) is 33.1 Å². The summed E-state index contributed by atoms with van der Waals surface area (Å²) in [4.78, 5) is 0. The average Bonchev–Trinajstić information content (AvgIpc) is 2.83. The molecule has 0 saturated heterocycles. The Morgan fingerprint density at radius 2 is 1.89 bits per heavy atom. The Morgan fingerprint density at radius 1 is 1.16 bits per heavy atom. The van der Waals surface area contributed by atoms with Crippen LogP contribution in [0, 0.1) is 20.8 Å². The minimum Gasteiger partial charge on any atom is -0.507 e. The van der Waals surface area contributed by atoms with Gasteiger partial charge in [0.2, 0.25) is 0 Å². The molecule has 102 valence electrons. The number of hydrogen-bond acceptors (Lipinski definition) is 2. The van der Waals surface area contributed by atoms with E-state index in [0.717, 1.165) is 53.3 Å². The first-order valence-corrected chi connectivity index (χ1v) is 6.87. The van der Waals surface area contributed by atoms with E-state index in [0.29, 0.717) is 5.75 Å². The highest BCUT2D eigenvalue weighted by Gasteiger charge is 2.16. The maximum absolute atomic E-state index is 10.2. The first-order chi connectivity index (χ1) is 9.07. The van der Waals surface area contributed by atoms with Crippen molar-refractivity contribution >= 4 is 11.0 Å². The number of phenolic OH excluding ortho intramolecular Hbond substituents is 1. The SMILES string of the molecule is C=CCCCCc1coc2c(C)c(C)c(O)c(C)c12. The molecule has 0 saturated carbocycles. The Hall–Kier alpha value is -1.70. The molecule has 2 aromatic rings. The molecule has 0 spiro atoms. The number of furan rings is 1. The maximum atomic E-state index is 10.2. The van der Waals surface area contributed by atoms with Gasteiger partial charge in [-0.3, -0.25) is 0 Å². The molecular formula is C17H22O2. The summed E-state index contributed by atoms with van der Waals surface area (Å²) in [7, 11) is 0. The number of phenols is 1. The zero-order chi connectivity index (χ0) is 14.0. The van der Waals surface area contributed by atoms with E-state index in [2.05, 4.69) is 6.58 Å². The lowest BCUT2D eigenvalue weighted by Crippen LogP contribution is -1.90. The highest BCUT2D eigenvalue weighted by Crippen LogP contribution is 2.37. The van der Waals surface area contributed by atoms with Crippen LogP contribution in [0.5, 0.6) is 5.75 Å². The minimum absolute atomic E-state index is 0.402. The lowest BCUT2D eigenvalue weighted by atomic mass is 9.96. The topological polar surface area (TPSA) is 33.4 Å². The van der Waals surface area contributed by atoms with E-state index in [9.17, 15) is 5.11 Å². The smallest absolute Gasteiger partial charge is 0.137 e. The molecular weight excluding hydrogens is 236 g/mol. The zero-order valence-electron chi connectivity index (χ0n) is 12.0. The van der Waals surface area contributed by atoms with Crippen LogP contribution in [0.2, 0.25) is 0 Å². The zero-order valence-corrected chi connectivity index (χ0v) is 12.0. The van der Waals surface area contributed by atoms with Crippen molar-refractivity contribution in [1.82, 2.24) is 0 Å². The van der Waals surface area contributed by atoms with Gasteiger partial charge >= 0.3 is 0 Å². The van der Waals surface area contributed by atoms with Gasteiger partial charge < -0.3 is 9.52 Å². The van der Waals surface area contributed by atoms with Gasteiger partial charge in [-0.2, -0.15) is 0 Å². The van der Waals surface area contributed by atoms with Crippen molar-refractivity contribution in [3.63, 3.8) is 0 Å². The van der Waals surface area contributed by atoms with Crippen LogP contribution in [0.1, 0.15) is 41.5 Å². The van der Waals surface area contributed by atoms with Crippen LogP contribution in [0.25, 0.3) is 11.0 Å². The van der Waals surface area contributed by atoms with Crippen LogP contribution in [-0.2, 0) is 6.42 Å². The lowest BCUT2D eigenvalue weighted by molar-refractivity contribution is 0.467. The van der Waals surface area contributed by atoms with Crippen molar-refractivity contribution in [3.05, 3.63) is 41.2 Å². The van der Waals surface area contributed by atoms with Crippen molar-refractivity contribution < 1.29 is 9.52 Å². The van der Waals surface area contributed by atoms with Crippen LogP contribution in [-0.4, -0.2) is 5.11 Å². The number of rotatable bonds is 5. The third kappa shape index (κ3) is 2.40. The lowest BCUT2D eigenvalue weighted by Gasteiger charge is -2.09. The number of benzene rings is 1. The molecule has 0 bridgehead atoms. The van der Waals surface area contributed by atoms with E-state index in [1.165, 1.54) is 5.56 Å². The van der Waals surface area contributed by atoms with Crippen molar-refractivity contribution in [1.29, 1.82) is 0 Å². The standard InChI is InChI=1S/C17H22O2/c1-5-6-7-8-9-14-10-19-17-12(3)11(2)16(18)13(4)15(14)17/h5,10,18H,1,6-9H2,2-4H3. The van der Waals surface area contributed by atoms with Gasteiger partial charge in [-0.15, -0.1) is 6.58 Å². The number of hydrogen-bond donors (Lipinski definition) is 1. The summed E-state index contributed by atoms with van der Waals surface area (Å²) in [5.74, 6) is 0.402. The number of fused-ring (bicyclic) bond motifs is 1. The number of aromatic hydroxyl groups is 1. The molecule has 1 N–H and O–H groups in total. The summed E-state index contributed by atoms with van der Waals surface area (Å²) in [6.45, 7) is 9.64. The van der Waals surface area contributed by atoms with Gasteiger partial charge in [0, 0.05) is 10.9 Å². The van der Waals surface area contributed by atoms with E-state index in [4.69, 9.17) is 4.42 Å². The Morgan fingerprint density at radius 3 is 2.58 bits per heavy atom. The first-order valence-electron chi connectivity index (χ1n) is 6.87. The van der Waals surface area contributed by atoms with Crippen LogP contribution < -0.4 is 0 Å². The number of allylic oxidation sites excluding steroid dienone is 1. The summed E-state index contributed by atoms with van der Waals surface area (Å²) in [6.07, 6.45) is 8.11. The van der Waals surface area contributed by atoms with Gasteiger partial charge in [-0.1, -0.05) is 6.08 Å². The van der Waals surface area contributed by atoms with E-state index >= 15 is 0 Å². The van der Waals surface area contributed by atoms with Crippen LogP contribution in [0.3, 0.4) is 0 Å². The molecule has 0 fully saturated rings. The van der Waals surface area contributed by atoms with Gasteiger partial charge in [0.25, 0.3) is 0 Å². The molecule has 2 heteroatoms. The third-order valence-electron chi connectivity index (χ3n) is 3.96. The Labute approximate surface area is 114 Å². The fourth-order valence-electron chi connectivity index (χ4n) is 2.62. The summed E-state index contributed by atoms with van der Waals surface area (Å²) < 4.78 is 5.72. The molecule has 1 heterocycles. The second kappa shape index (κ2) is 5.52. The van der Waals surface area contributed by atoms with Crippen molar-refractivity contribution in [2.24, 2.45) is 0 Å². The van der Waals surface area contributed by atoms with E-state index in [-0.39, 0.29) is 0 Å². The molecule has 0 aliphatic rings. The minimum atomic E-state index is 0.402. The van der Waals surface area contributed by atoms with Crippen molar-refractivity contribution in [2.75, 3.05) is 0 Å². The monoisotopic (exact) mass is 258 g/mol. The fourth-order valence-corrected chi connectivity index (χ4v) is 2.62. The van der Waals surface area contributed by atoms with E-state index in [1.54, 1.807) is 0 Å². The van der Waals surface area contributed by atoms with Gasteiger partial charge in [-0.25, -0.2) is 0 Å². The summed E-state index contributed by atoms with van der Waals surface area (Å²) >= 11 is 0. The highest BCUT2D eigenvalue weighted by molar-refractivity contribution is 5.90. The average molecular weight is 258 g/mol. The van der Waals surface area contributed by atoms with Crippen LogP contribution >= 0.6 is 0 Å². The molecule has 2 rings (SSSR count). The third-order valence-corrected chi connectivity index (χ3v) is 3.96. The maximum Gasteiger partial charge on any atom is 0.137 e. The second-order valence-electron chi connectivity index (χ2n) is 5.22. The quantitative estimate of drug-likeness (QED) is 0.607. The summed E-state index contributed by atoms with van der Waals surface area (Å²) in [5, 5.41) is 11.3. The normalized spacial score (nSPS) is 11.1. The van der Waals surface area contributed by atoms with Crippen LogP contribution in [0.15, 0.2) is 23.3 Å². The molecule has 0 amide bonds. The predicted octanol–water partition coefficient (Wildman–Crippen LogP) is 4.96. The Bertz CT molecular complexity index is 605. The molecule has 19 heavy (non-hydrogen) atoms. The Balaban J connectivity index is 2.39. The fraction of sp³-hybridized carbons (Fsp3) is 0.412. The molecule has 1 aromatic carbocycles. The second-order valence-corrected chi connectivity index (χ2v) is 5.22. The van der Waals surface area contributed by atoms with Crippen molar-refractivity contribution in [2.45, 2.75) is 46.5 Å². The summed E-state index contributed by atoms with van der Waals surface area (Å²) in [6, 6.07) is 0.